The molecule has 0 unspecified atom stereocenters. The van der Waals surface area contributed by atoms with Gasteiger partial charge in [-0.05, 0) is 42.4 Å². The molecule has 3 rings (SSSR count). The van der Waals surface area contributed by atoms with Gasteiger partial charge in [0.05, 0.1) is 5.69 Å². The number of nitrogens with zero attached hydrogens (tertiary/aromatic N) is 2. The van der Waals surface area contributed by atoms with Gasteiger partial charge in [-0.25, -0.2) is 4.39 Å². The molecule has 0 saturated carbocycles. The van der Waals surface area contributed by atoms with Crippen LogP contribution >= 0.6 is 12.2 Å². The highest BCUT2D eigenvalue weighted by molar-refractivity contribution is 7.71. The van der Waals surface area contributed by atoms with Crippen molar-refractivity contribution in [3.05, 3.63) is 76.6 Å². The Morgan fingerprint density at radius 2 is 1.86 bits per heavy atom. The molecule has 0 aliphatic rings. The maximum Gasteiger partial charge on any atom is 0.199 e. The quantitative estimate of drug-likeness (QED) is 0.742. The van der Waals surface area contributed by atoms with Crippen molar-refractivity contribution in [2.24, 2.45) is 0 Å². The van der Waals surface area contributed by atoms with E-state index >= 15 is 0 Å². The van der Waals surface area contributed by atoms with Crippen LogP contribution in [0.3, 0.4) is 0 Å². The average Bonchev–Trinajstić information content (AvgIpc) is 2.87. The van der Waals surface area contributed by atoms with Crippen molar-refractivity contribution >= 4 is 12.2 Å². The Kier molecular flexibility index (Phi) is 3.92. The van der Waals surface area contributed by atoms with E-state index in [1.165, 1.54) is 17.7 Å². The van der Waals surface area contributed by atoms with E-state index < -0.39 is 0 Å². The van der Waals surface area contributed by atoms with E-state index in [0.29, 0.717) is 10.5 Å². The van der Waals surface area contributed by atoms with Crippen molar-refractivity contribution in [1.29, 1.82) is 0 Å². The first-order chi connectivity index (χ1) is 10.2. The molecular formula is C16H14FN3S. The lowest BCUT2D eigenvalue weighted by Crippen LogP contribution is -2.03. The van der Waals surface area contributed by atoms with Crippen LogP contribution < -0.4 is 0 Å². The summed E-state index contributed by atoms with van der Waals surface area (Å²) in [7, 11) is 0. The van der Waals surface area contributed by atoms with Gasteiger partial charge < -0.3 is 0 Å². The summed E-state index contributed by atoms with van der Waals surface area (Å²) in [6, 6.07) is 16.5. The van der Waals surface area contributed by atoms with Crippen molar-refractivity contribution in [3.63, 3.8) is 0 Å². The zero-order chi connectivity index (χ0) is 14.7. The summed E-state index contributed by atoms with van der Waals surface area (Å²) in [6.45, 7) is 0. The van der Waals surface area contributed by atoms with E-state index in [-0.39, 0.29) is 5.82 Å². The molecule has 0 aliphatic carbocycles. The van der Waals surface area contributed by atoms with Gasteiger partial charge in [0.25, 0.3) is 0 Å². The molecule has 1 heterocycles. The Morgan fingerprint density at radius 3 is 2.62 bits per heavy atom. The molecule has 0 bridgehead atoms. The van der Waals surface area contributed by atoms with E-state index in [9.17, 15) is 4.39 Å². The van der Waals surface area contributed by atoms with Gasteiger partial charge >= 0.3 is 0 Å². The van der Waals surface area contributed by atoms with E-state index in [1.807, 2.05) is 24.3 Å². The fourth-order valence-electron chi connectivity index (χ4n) is 2.28. The molecule has 0 saturated heterocycles. The number of aromatic amines is 1. The standard InChI is InChI=1S/C16H14FN3S/c17-13-7-4-8-14(11-13)20-15(18-19-16(20)21)10-9-12-5-2-1-3-6-12/h1-8,11H,9-10H2,(H,19,21). The second kappa shape index (κ2) is 6.01. The smallest absolute Gasteiger partial charge is 0.199 e. The lowest BCUT2D eigenvalue weighted by atomic mass is 10.1. The van der Waals surface area contributed by atoms with Crippen molar-refractivity contribution in [3.8, 4) is 5.69 Å². The van der Waals surface area contributed by atoms with E-state index in [0.717, 1.165) is 18.7 Å². The third-order valence-corrected chi connectivity index (χ3v) is 3.56. The van der Waals surface area contributed by atoms with E-state index in [2.05, 4.69) is 22.3 Å². The SMILES string of the molecule is Fc1cccc(-n2c(CCc3ccccc3)n[nH]c2=S)c1. The molecule has 3 aromatic rings. The monoisotopic (exact) mass is 299 g/mol. The Morgan fingerprint density at radius 1 is 1.05 bits per heavy atom. The van der Waals surface area contributed by atoms with Crippen LogP contribution in [0.4, 0.5) is 4.39 Å². The van der Waals surface area contributed by atoms with Crippen molar-refractivity contribution in [2.75, 3.05) is 0 Å². The zero-order valence-corrected chi connectivity index (χ0v) is 12.1. The van der Waals surface area contributed by atoms with Gasteiger partial charge in [0.15, 0.2) is 4.77 Å². The first kappa shape index (κ1) is 13.7. The molecule has 1 N–H and O–H groups in total. The first-order valence-corrected chi connectivity index (χ1v) is 7.11. The molecule has 0 fully saturated rings. The number of aromatic nitrogens is 3. The Hall–Kier alpha value is -2.27. The van der Waals surface area contributed by atoms with Crippen molar-refractivity contribution < 1.29 is 4.39 Å². The zero-order valence-electron chi connectivity index (χ0n) is 11.3. The number of hydrogen-bond donors (Lipinski definition) is 1. The summed E-state index contributed by atoms with van der Waals surface area (Å²) in [6.07, 6.45) is 1.59. The van der Waals surface area contributed by atoms with Gasteiger partial charge in [-0.2, -0.15) is 5.10 Å². The van der Waals surface area contributed by atoms with E-state index in [4.69, 9.17) is 12.2 Å². The number of nitrogens with one attached hydrogen (secondary N) is 1. The summed E-state index contributed by atoms with van der Waals surface area (Å²) in [5.74, 6) is 0.513. The van der Waals surface area contributed by atoms with Gasteiger partial charge in [0.1, 0.15) is 11.6 Å². The van der Waals surface area contributed by atoms with Crippen LogP contribution in [0.2, 0.25) is 0 Å². The third kappa shape index (κ3) is 3.08. The lowest BCUT2D eigenvalue weighted by Gasteiger charge is -2.07. The molecule has 3 nitrogen and oxygen atoms in total. The van der Waals surface area contributed by atoms with Crippen LogP contribution in [0.15, 0.2) is 54.6 Å². The third-order valence-electron chi connectivity index (χ3n) is 3.29. The minimum Gasteiger partial charge on any atom is -0.272 e. The maximum absolute atomic E-state index is 13.4. The highest BCUT2D eigenvalue weighted by Gasteiger charge is 2.09. The van der Waals surface area contributed by atoms with Gasteiger partial charge in [0, 0.05) is 6.42 Å². The lowest BCUT2D eigenvalue weighted by molar-refractivity contribution is 0.626. The molecule has 106 valence electrons. The van der Waals surface area contributed by atoms with Crippen LogP contribution in [-0.4, -0.2) is 14.8 Å². The van der Waals surface area contributed by atoms with Gasteiger partial charge in [-0.1, -0.05) is 36.4 Å². The molecule has 0 amide bonds. The molecular weight excluding hydrogens is 285 g/mol. The second-order valence-corrected chi connectivity index (χ2v) is 5.13. The highest BCUT2D eigenvalue weighted by Crippen LogP contribution is 2.14. The Balaban J connectivity index is 1.89. The maximum atomic E-state index is 13.4. The van der Waals surface area contributed by atoms with E-state index in [1.54, 1.807) is 10.6 Å². The predicted octanol–water partition coefficient (Wildman–Crippen LogP) is 3.85. The van der Waals surface area contributed by atoms with Crippen LogP contribution in [0.1, 0.15) is 11.4 Å². The summed E-state index contributed by atoms with van der Waals surface area (Å²) in [5, 5.41) is 7.04. The number of halogens is 1. The van der Waals surface area contributed by atoms with Gasteiger partial charge in [-0.15, -0.1) is 0 Å². The molecule has 2 aromatic carbocycles. The molecule has 1 aromatic heterocycles. The molecule has 21 heavy (non-hydrogen) atoms. The summed E-state index contributed by atoms with van der Waals surface area (Å²) < 4.78 is 15.7. The fourth-order valence-corrected chi connectivity index (χ4v) is 2.54. The molecule has 0 aliphatic heterocycles. The van der Waals surface area contributed by atoms with Crippen LogP contribution in [-0.2, 0) is 12.8 Å². The normalized spacial score (nSPS) is 10.7. The number of aryl methyl sites for hydroxylation is 2. The number of hydrogen-bond acceptors (Lipinski definition) is 2. The number of rotatable bonds is 4. The Labute approximate surface area is 127 Å². The Bertz CT molecular complexity index is 793. The van der Waals surface area contributed by atoms with Crippen LogP contribution in [0, 0.1) is 10.6 Å². The molecule has 0 radical (unpaired) electrons. The van der Waals surface area contributed by atoms with Crippen molar-refractivity contribution in [1.82, 2.24) is 14.8 Å². The number of benzene rings is 2. The number of H-pyrrole nitrogens is 1. The fraction of sp³-hybridized carbons (Fsp3) is 0.125. The molecule has 0 atom stereocenters. The molecule has 0 spiro atoms. The summed E-state index contributed by atoms with van der Waals surface area (Å²) in [4.78, 5) is 0. The minimum absolute atomic E-state index is 0.287. The highest BCUT2D eigenvalue weighted by atomic mass is 32.1. The topological polar surface area (TPSA) is 33.6 Å². The van der Waals surface area contributed by atoms with Gasteiger partial charge in [-0.3, -0.25) is 9.67 Å². The summed E-state index contributed by atoms with van der Waals surface area (Å²) in [5.41, 5.74) is 1.93. The minimum atomic E-state index is -0.287. The first-order valence-electron chi connectivity index (χ1n) is 6.70. The summed E-state index contributed by atoms with van der Waals surface area (Å²) >= 11 is 5.25. The van der Waals surface area contributed by atoms with Crippen molar-refractivity contribution in [2.45, 2.75) is 12.8 Å². The van der Waals surface area contributed by atoms with Crippen LogP contribution in [0.25, 0.3) is 5.69 Å². The largest absolute Gasteiger partial charge is 0.272 e. The van der Waals surface area contributed by atoms with Gasteiger partial charge in [0.2, 0.25) is 0 Å². The second-order valence-electron chi connectivity index (χ2n) is 4.75. The molecule has 5 heteroatoms. The van der Waals surface area contributed by atoms with Crippen LogP contribution in [0.5, 0.6) is 0 Å². The average molecular weight is 299 g/mol. The predicted molar refractivity (Wildman–Crippen MR) is 82.6 cm³/mol.